The highest BCUT2D eigenvalue weighted by Gasteiger charge is 2.18. The van der Waals surface area contributed by atoms with Crippen LogP contribution in [0.1, 0.15) is 5.56 Å². The van der Waals surface area contributed by atoms with Crippen molar-refractivity contribution >= 4 is 17.4 Å². The molecule has 0 aliphatic rings. The fourth-order valence-electron chi connectivity index (χ4n) is 2.60. The second kappa shape index (κ2) is 9.54. The van der Waals surface area contributed by atoms with Crippen LogP contribution in [-0.2, 0) is 6.42 Å². The Balaban J connectivity index is 1.99. The van der Waals surface area contributed by atoms with E-state index in [1.165, 1.54) is 24.8 Å². The number of hydrogen-bond acceptors (Lipinski definition) is 5. The molecule has 2 aromatic carbocycles. The number of ether oxygens (including phenoxy) is 1. The minimum absolute atomic E-state index is 0.0870. The predicted octanol–water partition coefficient (Wildman–Crippen LogP) is 2.90. The Bertz CT molecular complexity index is 781. The van der Waals surface area contributed by atoms with Gasteiger partial charge < -0.3 is 20.3 Å². The first kappa shape index (κ1) is 20.2. The molecule has 0 bridgehead atoms. The minimum Gasteiger partial charge on any atom is -0.496 e. The van der Waals surface area contributed by atoms with Gasteiger partial charge in [0.15, 0.2) is 0 Å². The van der Waals surface area contributed by atoms with Crippen molar-refractivity contribution in [2.75, 3.05) is 33.1 Å². The van der Waals surface area contributed by atoms with E-state index in [1.807, 2.05) is 49.3 Å². The Kier molecular flexibility index (Phi) is 7.13. The van der Waals surface area contributed by atoms with E-state index in [-0.39, 0.29) is 17.4 Å². The molecule has 8 heteroatoms. The molecule has 0 aliphatic heterocycles. The number of benzene rings is 2. The molecular formula is C19H24N4O4. The quantitative estimate of drug-likeness (QED) is 0.549. The number of nitro benzene ring substituents is 1. The third-order valence-electron chi connectivity index (χ3n) is 4.19. The molecule has 27 heavy (non-hydrogen) atoms. The van der Waals surface area contributed by atoms with Crippen LogP contribution in [0.4, 0.5) is 16.2 Å². The second-order valence-electron chi connectivity index (χ2n) is 6.28. The van der Waals surface area contributed by atoms with Crippen molar-refractivity contribution in [3.05, 3.63) is 64.2 Å². The maximum atomic E-state index is 12.2. The Hall–Kier alpha value is -3.13. The van der Waals surface area contributed by atoms with E-state index in [4.69, 9.17) is 4.74 Å². The number of urea groups is 1. The van der Waals surface area contributed by atoms with E-state index in [9.17, 15) is 14.9 Å². The van der Waals surface area contributed by atoms with Gasteiger partial charge in [0.05, 0.1) is 18.1 Å². The maximum absolute atomic E-state index is 12.2. The van der Waals surface area contributed by atoms with Crippen LogP contribution in [0.2, 0.25) is 0 Å². The maximum Gasteiger partial charge on any atom is 0.319 e. The standard InChI is InChI=1S/C19H24N4O4/c1-22(2)15(11-14-7-5-4-6-8-14)13-20-19(24)21-17-10-9-16(27-3)12-18(17)23(25)26/h4-10,12,15H,11,13H2,1-3H3,(H2,20,21,24)/t15-/m0/s1. The monoisotopic (exact) mass is 372 g/mol. The van der Waals surface area contributed by atoms with Crippen LogP contribution in [0.5, 0.6) is 5.75 Å². The third-order valence-corrected chi connectivity index (χ3v) is 4.19. The topological polar surface area (TPSA) is 96.7 Å². The van der Waals surface area contributed by atoms with Crippen LogP contribution in [-0.4, -0.2) is 49.6 Å². The molecule has 2 amide bonds. The number of nitrogens with one attached hydrogen (secondary N) is 2. The molecule has 0 aliphatic carbocycles. The summed E-state index contributed by atoms with van der Waals surface area (Å²) in [4.78, 5) is 24.9. The van der Waals surface area contributed by atoms with Gasteiger partial charge in [-0.3, -0.25) is 10.1 Å². The molecule has 144 valence electrons. The number of hydrogen-bond donors (Lipinski definition) is 2. The number of rotatable bonds is 8. The predicted molar refractivity (Wildman–Crippen MR) is 104 cm³/mol. The number of carbonyl (C=O) groups excluding carboxylic acids is 1. The summed E-state index contributed by atoms with van der Waals surface area (Å²) < 4.78 is 4.99. The van der Waals surface area contributed by atoms with Gasteiger partial charge in [-0.05, 0) is 38.2 Å². The molecule has 2 aromatic rings. The average molecular weight is 372 g/mol. The molecule has 0 fully saturated rings. The molecule has 2 N–H and O–H groups in total. The lowest BCUT2D eigenvalue weighted by molar-refractivity contribution is -0.384. The van der Waals surface area contributed by atoms with Gasteiger partial charge >= 0.3 is 6.03 Å². The van der Waals surface area contributed by atoms with E-state index in [0.717, 1.165) is 6.42 Å². The zero-order valence-corrected chi connectivity index (χ0v) is 15.6. The summed E-state index contributed by atoms with van der Waals surface area (Å²) in [5, 5.41) is 16.5. The van der Waals surface area contributed by atoms with Crippen molar-refractivity contribution in [1.29, 1.82) is 0 Å². The van der Waals surface area contributed by atoms with Gasteiger partial charge in [-0.2, -0.15) is 0 Å². The van der Waals surface area contributed by atoms with Gasteiger partial charge in [-0.15, -0.1) is 0 Å². The van der Waals surface area contributed by atoms with Crippen LogP contribution < -0.4 is 15.4 Å². The van der Waals surface area contributed by atoms with Crippen molar-refractivity contribution in [3.8, 4) is 5.75 Å². The Morgan fingerprint density at radius 1 is 1.22 bits per heavy atom. The van der Waals surface area contributed by atoms with Crippen molar-refractivity contribution in [2.24, 2.45) is 0 Å². The molecule has 0 saturated carbocycles. The molecule has 0 saturated heterocycles. The molecule has 0 spiro atoms. The summed E-state index contributed by atoms with van der Waals surface area (Å²) in [6, 6.07) is 13.9. The number of amides is 2. The summed E-state index contributed by atoms with van der Waals surface area (Å²) in [7, 11) is 5.32. The molecule has 8 nitrogen and oxygen atoms in total. The Morgan fingerprint density at radius 3 is 2.52 bits per heavy atom. The van der Waals surface area contributed by atoms with Crippen LogP contribution in [0, 0.1) is 10.1 Å². The summed E-state index contributed by atoms with van der Waals surface area (Å²) in [6.07, 6.45) is 0.775. The van der Waals surface area contributed by atoms with Crippen LogP contribution in [0.25, 0.3) is 0 Å². The fourth-order valence-corrected chi connectivity index (χ4v) is 2.60. The lowest BCUT2D eigenvalue weighted by atomic mass is 10.1. The first-order chi connectivity index (χ1) is 12.9. The molecule has 2 rings (SSSR count). The number of carbonyl (C=O) groups is 1. The largest absolute Gasteiger partial charge is 0.496 e. The zero-order valence-electron chi connectivity index (χ0n) is 15.6. The van der Waals surface area contributed by atoms with Gasteiger partial charge in [0, 0.05) is 12.6 Å². The number of methoxy groups -OCH3 is 1. The summed E-state index contributed by atoms with van der Waals surface area (Å²) in [5.41, 5.74) is 1.06. The van der Waals surface area contributed by atoms with Gasteiger partial charge in [-0.1, -0.05) is 30.3 Å². The lowest BCUT2D eigenvalue weighted by Crippen LogP contribution is -2.43. The van der Waals surface area contributed by atoms with E-state index >= 15 is 0 Å². The molecule has 0 aromatic heterocycles. The van der Waals surface area contributed by atoms with Gasteiger partial charge in [0.25, 0.3) is 5.69 Å². The van der Waals surface area contributed by atoms with Crippen molar-refractivity contribution in [1.82, 2.24) is 10.2 Å². The SMILES string of the molecule is COc1ccc(NC(=O)NC[C@H](Cc2ccccc2)N(C)C)c([N+](=O)[O-])c1. The normalized spacial score (nSPS) is 11.7. The average Bonchev–Trinajstić information content (AvgIpc) is 2.65. The van der Waals surface area contributed by atoms with Crippen LogP contribution in [0.15, 0.2) is 48.5 Å². The highest BCUT2D eigenvalue weighted by Crippen LogP contribution is 2.28. The van der Waals surface area contributed by atoms with E-state index in [1.54, 1.807) is 6.07 Å². The molecular weight excluding hydrogens is 348 g/mol. The Labute approximate surface area is 158 Å². The van der Waals surface area contributed by atoms with Crippen LogP contribution >= 0.6 is 0 Å². The molecule has 0 radical (unpaired) electrons. The number of nitrogens with zero attached hydrogens (tertiary/aromatic N) is 2. The Morgan fingerprint density at radius 2 is 1.93 bits per heavy atom. The van der Waals surface area contributed by atoms with E-state index in [0.29, 0.717) is 12.3 Å². The number of nitro groups is 1. The molecule has 1 atom stereocenters. The number of likely N-dealkylation sites (N-methyl/N-ethyl adjacent to an activating group) is 1. The molecule has 0 heterocycles. The van der Waals surface area contributed by atoms with E-state index < -0.39 is 11.0 Å². The van der Waals surface area contributed by atoms with Crippen LogP contribution in [0.3, 0.4) is 0 Å². The minimum atomic E-state index is -0.559. The first-order valence-electron chi connectivity index (χ1n) is 8.48. The van der Waals surface area contributed by atoms with Crippen molar-refractivity contribution in [3.63, 3.8) is 0 Å². The van der Waals surface area contributed by atoms with E-state index in [2.05, 4.69) is 10.6 Å². The first-order valence-corrected chi connectivity index (χ1v) is 8.48. The van der Waals surface area contributed by atoms with Gasteiger partial charge in [-0.25, -0.2) is 4.79 Å². The molecule has 0 unspecified atom stereocenters. The smallest absolute Gasteiger partial charge is 0.319 e. The summed E-state index contributed by atoms with van der Waals surface area (Å²) in [6.45, 7) is 0.400. The van der Waals surface area contributed by atoms with Gasteiger partial charge in [0.1, 0.15) is 11.4 Å². The third kappa shape index (κ3) is 5.96. The highest BCUT2D eigenvalue weighted by atomic mass is 16.6. The second-order valence-corrected chi connectivity index (χ2v) is 6.28. The number of anilines is 1. The van der Waals surface area contributed by atoms with Crippen molar-refractivity contribution in [2.45, 2.75) is 12.5 Å². The van der Waals surface area contributed by atoms with Gasteiger partial charge in [0.2, 0.25) is 0 Å². The summed E-state index contributed by atoms with van der Waals surface area (Å²) >= 11 is 0. The highest BCUT2D eigenvalue weighted by molar-refractivity contribution is 5.92. The van der Waals surface area contributed by atoms with Crippen molar-refractivity contribution < 1.29 is 14.5 Å². The fraction of sp³-hybridized carbons (Fsp3) is 0.316. The lowest BCUT2D eigenvalue weighted by Gasteiger charge is -2.24. The summed E-state index contributed by atoms with van der Waals surface area (Å²) in [5.74, 6) is 0.350. The zero-order chi connectivity index (χ0) is 19.8.